The van der Waals surface area contributed by atoms with Gasteiger partial charge in [0.1, 0.15) is 19.5 Å². The molecular formula is C17H18N2O3. The lowest BCUT2D eigenvalue weighted by molar-refractivity contribution is -0.114. The summed E-state index contributed by atoms with van der Waals surface area (Å²) in [6.45, 7) is 0.333. The van der Waals surface area contributed by atoms with Gasteiger partial charge in [0.15, 0.2) is 5.71 Å². The number of amides is 1. The Bertz CT molecular complexity index is 654. The normalized spacial score (nSPS) is 10.9. The van der Waals surface area contributed by atoms with Gasteiger partial charge in [0.2, 0.25) is 0 Å². The predicted molar refractivity (Wildman–Crippen MR) is 84.8 cm³/mol. The van der Waals surface area contributed by atoms with Crippen molar-refractivity contribution in [2.75, 3.05) is 14.2 Å². The van der Waals surface area contributed by atoms with E-state index < -0.39 is 0 Å². The number of hydrogen-bond donors (Lipinski definition) is 1. The van der Waals surface area contributed by atoms with Crippen molar-refractivity contribution < 1.29 is 14.4 Å². The maximum atomic E-state index is 12.0. The molecule has 0 atom stereocenters. The third kappa shape index (κ3) is 3.85. The number of likely N-dealkylation sites (N-methyl/N-ethyl adjacent to an activating group) is 1. The largest absolute Gasteiger partial charge is 0.489 e. The van der Waals surface area contributed by atoms with Gasteiger partial charge in [0, 0.05) is 12.6 Å². The molecule has 1 N–H and O–H groups in total. The summed E-state index contributed by atoms with van der Waals surface area (Å²) in [5.41, 5.74) is 1.75. The van der Waals surface area contributed by atoms with Gasteiger partial charge in [-0.1, -0.05) is 47.6 Å². The minimum absolute atomic E-state index is 0.220. The maximum Gasteiger partial charge on any atom is 0.273 e. The molecule has 2 aromatic carbocycles. The van der Waals surface area contributed by atoms with E-state index in [1.807, 2.05) is 54.6 Å². The van der Waals surface area contributed by atoms with Crippen LogP contribution in [0.3, 0.4) is 0 Å². The summed E-state index contributed by atoms with van der Waals surface area (Å²) in [5, 5.41) is 6.39. The average molecular weight is 298 g/mol. The van der Waals surface area contributed by atoms with Crippen molar-refractivity contribution in [3.63, 3.8) is 0 Å². The van der Waals surface area contributed by atoms with Crippen molar-refractivity contribution in [2.45, 2.75) is 6.61 Å². The monoisotopic (exact) mass is 298 g/mol. The molecule has 0 radical (unpaired) electrons. The predicted octanol–water partition coefficient (Wildman–Crippen LogP) is 2.36. The van der Waals surface area contributed by atoms with Gasteiger partial charge in [0.05, 0.1) is 0 Å². The zero-order chi connectivity index (χ0) is 15.8. The van der Waals surface area contributed by atoms with E-state index in [0.29, 0.717) is 12.2 Å². The minimum atomic E-state index is -0.311. The number of carbonyl (C=O) groups excluding carboxylic acids is 1. The second-order valence-corrected chi connectivity index (χ2v) is 4.46. The zero-order valence-electron chi connectivity index (χ0n) is 12.6. The van der Waals surface area contributed by atoms with Crippen molar-refractivity contribution >= 4 is 11.6 Å². The topological polar surface area (TPSA) is 59.9 Å². The summed E-state index contributed by atoms with van der Waals surface area (Å²) in [4.78, 5) is 16.8. The second-order valence-electron chi connectivity index (χ2n) is 4.46. The molecule has 0 saturated heterocycles. The minimum Gasteiger partial charge on any atom is -0.489 e. The summed E-state index contributed by atoms with van der Waals surface area (Å²) in [6.07, 6.45) is 0. The molecule has 22 heavy (non-hydrogen) atoms. The van der Waals surface area contributed by atoms with E-state index in [1.54, 1.807) is 7.05 Å². The summed E-state index contributed by atoms with van der Waals surface area (Å²) in [5.74, 6) is 0.455. The first-order valence-corrected chi connectivity index (χ1v) is 6.85. The van der Waals surface area contributed by atoms with Gasteiger partial charge < -0.3 is 14.9 Å². The van der Waals surface area contributed by atoms with Crippen molar-refractivity contribution in [1.82, 2.24) is 5.32 Å². The Morgan fingerprint density at radius 3 is 2.45 bits per heavy atom. The highest BCUT2D eigenvalue weighted by Crippen LogP contribution is 2.16. The summed E-state index contributed by atoms with van der Waals surface area (Å²) >= 11 is 0. The quantitative estimate of drug-likeness (QED) is 0.658. The Morgan fingerprint density at radius 2 is 1.77 bits per heavy atom. The molecule has 0 aliphatic carbocycles. The lowest BCUT2D eigenvalue weighted by Crippen LogP contribution is -2.29. The molecule has 2 rings (SSSR count). The van der Waals surface area contributed by atoms with Crippen LogP contribution in [0.2, 0.25) is 0 Å². The number of nitrogens with zero attached hydrogens (tertiary/aromatic N) is 1. The number of rotatable bonds is 6. The van der Waals surface area contributed by atoms with Gasteiger partial charge >= 0.3 is 0 Å². The highest BCUT2D eigenvalue weighted by molar-refractivity contribution is 6.45. The van der Waals surface area contributed by atoms with E-state index >= 15 is 0 Å². The van der Waals surface area contributed by atoms with Crippen LogP contribution in [0, 0.1) is 0 Å². The van der Waals surface area contributed by atoms with E-state index in [0.717, 1.165) is 11.3 Å². The van der Waals surface area contributed by atoms with Crippen LogP contribution in [0.15, 0.2) is 59.8 Å². The van der Waals surface area contributed by atoms with Crippen molar-refractivity contribution in [3.05, 3.63) is 65.7 Å². The average Bonchev–Trinajstić information content (AvgIpc) is 2.58. The van der Waals surface area contributed by atoms with Gasteiger partial charge in [0.25, 0.3) is 5.91 Å². The van der Waals surface area contributed by atoms with E-state index in [-0.39, 0.29) is 11.6 Å². The first-order chi connectivity index (χ1) is 10.8. The fourth-order valence-electron chi connectivity index (χ4n) is 1.98. The molecule has 0 spiro atoms. The Morgan fingerprint density at radius 1 is 1.09 bits per heavy atom. The van der Waals surface area contributed by atoms with Gasteiger partial charge in [-0.3, -0.25) is 4.79 Å². The number of para-hydroxylation sites is 1. The van der Waals surface area contributed by atoms with Crippen LogP contribution in [0.1, 0.15) is 11.1 Å². The number of ether oxygens (including phenoxy) is 1. The molecule has 0 heterocycles. The Hall–Kier alpha value is -2.82. The van der Waals surface area contributed by atoms with Gasteiger partial charge in [-0.25, -0.2) is 0 Å². The van der Waals surface area contributed by atoms with Crippen molar-refractivity contribution in [3.8, 4) is 5.75 Å². The van der Waals surface area contributed by atoms with E-state index in [4.69, 9.17) is 9.57 Å². The molecule has 5 nitrogen and oxygen atoms in total. The van der Waals surface area contributed by atoms with Crippen LogP contribution in [-0.2, 0) is 16.2 Å². The summed E-state index contributed by atoms with van der Waals surface area (Å²) < 4.78 is 5.75. The third-order valence-corrected chi connectivity index (χ3v) is 3.03. The molecular weight excluding hydrogens is 280 g/mol. The van der Waals surface area contributed by atoms with Crippen LogP contribution < -0.4 is 10.1 Å². The molecule has 0 aliphatic rings. The molecule has 0 saturated carbocycles. The third-order valence-electron chi connectivity index (χ3n) is 3.03. The molecule has 5 heteroatoms. The fraction of sp³-hybridized carbons (Fsp3) is 0.176. The van der Waals surface area contributed by atoms with Crippen LogP contribution in [0.4, 0.5) is 0 Å². The number of oxime groups is 1. The highest BCUT2D eigenvalue weighted by Gasteiger charge is 2.17. The molecule has 114 valence electrons. The summed E-state index contributed by atoms with van der Waals surface area (Å²) in [7, 11) is 2.96. The molecule has 0 unspecified atom stereocenters. The van der Waals surface area contributed by atoms with Crippen molar-refractivity contribution in [2.24, 2.45) is 5.16 Å². The van der Waals surface area contributed by atoms with Gasteiger partial charge in [-0.05, 0) is 17.7 Å². The van der Waals surface area contributed by atoms with Crippen LogP contribution in [-0.4, -0.2) is 25.8 Å². The van der Waals surface area contributed by atoms with E-state index in [1.165, 1.54) is 7.11 Å². The Balaban J connectivity index is 2.26. The first-order valence-electron chi connectivity index (χ1n) is 6.85. The van der Waals surface area contributed by atoms with Crippen LogP contribution in [0.25, 0.3) is 0 Å². The lowest BCUT2D eigenvalue weighted by atomic mass is 10.0. The zero-order valence-corrected chi connectivity index (χ0v) is 12.6. The molecule has 0 aliphatic heterocycles. The number of hydrogen-bond acceptors (Lipinski definition) is 4. The van der Waals surface area contributed by atoms with Crippen LogP contribution in [0.5, 0.6) is 5.75 Å². The Kier molecular flexibility index (Phi) is 5.54. The van der Waals surface area contributed by atoms with Crippen LogP contribution >= 0.6 is 0 Å². The van der Waals surface area contributed by atoms with Gasteiger partial charge in [-0.2, -0.15) is 0 Å². The SMILES string of the molecule is CNC(=O)C(=NOC)c1ccccc1COc1ccccc1. The fourth-order valence-corrected chi connectivity index (χ4v) is 1.98. The van der Waals surface area contributed by atoms with E-state index in [9.17, 15) is 4.79 Å². The molecule has 1 amide bonds. The lowest BCUT2D eigenvalue weighted by Gasteiger charge is -2.12. The molecule has 2 aromatic rings. The Labute approximate surface area is 129 Å². The smallest absolute Gasteiger partial charge is 0.273 e. The van der Waals surface area contributed by atoms with Gasteiger partial charge in [-0.15, -0.1) is 0 Å². The standard InChI is InChI=1S/C17H18N2O3/c1-18-17(20)16(19-21-2)15-11-7-6-8-13(15)12-22-14-9-4-3-5-10-14/h3-11H,12H2,1-2H3,(H,18,20). The number of benzene rings is 2. The van der Waals surface area contributed by atoms with Crippen molar-refractivity contribution in [1.29, 1.82) is 0 Å². The molecule has 0 aromatic heterocycles. The first kappa shape index (κ1) is 15.6. The number of nitrogens with one attached hydrogen (secondary N) is 1. The van der Waals surface area contributed by atoms with E-state index in [2.05, 4.69) is 10.5 Å². The summed E-state index contributed by atoms with van der Waals surface area (Å²) in [6, 6.07) is 16.9. The molecule has 0 bridgehead atoms. The number of carbonyl (C=O) groups is 1. The highest BCUT2D eigenvalue weighted by atomic mass is 16.6. The second kappa shape index (κ2) is 7.83. The molecule has 0 fully saturated rings. The maximum absolute atomic E-state index is 12.0.